The van der Waals surface area contributed by atoms with E-state index in [9.17, 15) is 0 Å². The van der Waals surface area contributed by atoms with Gasteiger partial charge in [0.2, 0.25) is 0 Å². The molecule has 0 saturated heterocycles. The number of aromatic nitrogens is 5. The minimum atomic E-state index is 0.808. The molecule has 8 aromatic carbocycles. The summed E-state index contributed by atoms with van der Waals surface area (Å²) >= 11 is 0. The maximum absolute atomic E-state index is 5.37. The molecule has 4 aromatic heterocycles. The number of pyridine rings is 1. The van der Waals surface area contributed by atoms with E-state index in [2.05, 4.69) is 180 Å². The molecule has 12 aromatic rings. The van der Waals surface area contributed by atoms with Crippen LogP contribution in [0.3, 0.4) is 0 Å². The van der Waals surface area contributed by atoms with E-state index in [4.69, 9.17) is 15.1 Å². The van der Waals surface area contributed by atoms with Crippen LogP contribution in [-0.2, 0) is 0 Å². The maximum atomic E-state index is 5.37. The SMILES string of the molecule is c1ccc(-c2cc3c4ccccc4nc(-c4ccc(-c5cccc(-c6nc7ccccc7c7cc8c(cc67)c6ccccc6n8-c6ccccc6)c5)cc4)n3n2)cc1. The van der Waals surface area contributed by atoms with Gasteiger partial charge in [0.25, 0.3) is 0 Å². The van der Waals surface area contributed by atoms with Gasteiger partial charge >= 0.3 is 0 Å². The van der Waals surface area contributed by atoms with Crippen molar-refractivity contribution in [2.24, 2.45) is 0 Å². The lowest BCUT2D eigenvalue weighted by atomic mass is 9.95. The fourth-order valence-corrected chi connectivity index (χ4v) is 8.77. The molecule has 0 aliphatic carbocycles. The van der Waals surface area contributed by atoms with Gasteiger partial charge in [0.1, 0.15) is 0 Å². The Balaban J connectivity index is 0.997. The molecule has 0 aliphatic heterocycles. The fraction of sp³-hybridized carbons (Fsp3) is 0. The van der Waals surface area contributed by atoms with Crippen molar-refractivity contribution >= 4 is 59.9 Å². The molecule has 5 heteroatoms. The number of fused-ring (bicyclic) bond motifs is 9. The Labute approximate surface area is 333 Å². The third-order valence-electron chi connectivity index (χ3n) is 11.5. The minimum Gasteiger partial charge on any atom is -0.309 e. The van der Waals surface area contributed by atoms with Gasteiger partial charge in [-0.2, -0.15) is 5.10 Å². The highest BCUT2D eigenvalue weighted by atomic mass is 15.3. The lowest BCUT2D eigenvalue weighted by Gasteiger charge is -2.13. The predicted octanol–water partition coefficient (Wildman–Crippen LogP) is 13.3. The zero-order valence-corrected chi connectivity index (χ0v) is 31.3. The fourth-order valence-electron chi connectivity index (χ4n) is 8.77. The van der Waals surface area contributed by atoms with Crippen molar-refractivity contribution < 1.29 is 0 Å². The minimum absolute atomic E-state index is 0.808. The molecule has 0 bridgehead atoms. The average Bonchev–Trinajstić information content (AvgIpc) is 3.89. The molecule has 0 N–H and O–H groups in total. The second kappa shape index (κ2) is 12.8. The van der Waals surface area contributed by atoms with E-state index < -0.39 is 0 Å². The van der Waals surface area contributed by atoms with Crippen LogP contribution in [0.4, 0.5) is 0 Å². The molecular formula is C53H33N5. The molecule has 5 nitrogen and oxygen atoms in total. The summed E-state index contributed by atoms with van der Waals surface area (Å²) in [6, 6.07) is 70.8. The third-order valence-corrected chi connectivity index (χ3v) is 11.5. The Hall–Kier alpha value is -7.89. The molecule has 58 heavy (non-hydrogen) atoms. The van der Waals surface area contributed by atoms with Crippen LogP contribution in [0, 0.1) is 0 Å². The molecular weight excluding hydrogens is 707 g/mol. The maximum Gasteiger partial charge on any atom is 0.161 e. The Morgan fingerprint density at radius 1 is 0.328 bits per heavy atom. The molecule has 0 aliphatic rings. The largest absolute Gasteiger partial charge is 0.309 e. The smallest absolute Gasteiger partial charge is 0.161 e. The first-order chi connectivity index (χ1) is 28.7. The summed E-state index contributed by atoms with van der Waals surface area (Å²) in [5.41, 5.74) is 13.8. The van der Waals surface area contributed by atoms with Gasteiger partial charge in [-0.1, -0.05) is 146 Å². The van der Waals surface area contributed by atoms with Gasteiger partial charge in [-0.05, 0) is 71.1 Å². The van der Waals surface area contributed by atoms with Crippen molar-refractivity contribution in [2.75, 3.05) is 0 Å². The van der Waals surface area contributed by atoms with Crippen LogP contribution in [0.1, 0.15) is 0 Å². The quantitative estimate of drug-likeness (QED) is 0.165. The second-order valence-electron chi connectivity index (χ2n) is 14.9. The van der Waals surface area contributed by atoms with Gasteiger partial charge < -0.3 is 4.57 Å². The Morgan fingerprint density at radius 3 is 1.78 bits per heavy atom. The summed E-state index contributed by atoms with van der Waals surface area (Å²) in [4.78, 5) is 10.5. The zero-order chi connectivity index (χ0) is 38.2. The molecule has 0 saturated carbocycles. The van der Waals surface area contributed by atoms with Crippen LogP contribution in [0.5, 0.6) is 0 Å². The monoisotopic (exact) mass is 739 g/mol. The molecule has 0 unspecified atom stereocenters. The van der Waals surface area contributed by atoms with Crippen LogP contribution < -0.4 is 0 Å². The Bertz CT molecular complexity index is 3550. The Kier molecular flexibility index (Phi) is 7.16. The summed E-state index contributed by atoms with van der Waals surface area (Å²) in [6.45, 7) is 0. The zero-order valence-electron chi connectivity index (χ0n) is 31.3. The summed E-state index contributed by atoms with van der Waals surface area (Å²) in [5.74, 6) is 0.808. The highest BCUT2D eigenvalue weighted by molar-refractivity contribution is 6.20. The van der Waals surface area contributed by atoms with E-state index in [-0.39, 0.29) is 0 Å². The summed E-state index contributed by atoms with van der Waals surface area (Å²) in [5, 5.41) is 12.1. The highest BCUT2D eigenvalue weighted by Crippen LogP contribution is 2.41. The molecule has 0 atom stereocenters. The molecule has 0 fully saturated rings. The molecule has 0 radical (unpaired) electrons. The van der Waals surface area contributed by atoms with E-state index >= 15 is 0 Å². The second-order valence-corrected chi connectivity index (χ2v) is 14.9. The first-order valence-corrected chi connectivity index (χ1v) is 19.6. The summed E-state index contributed by atoms with van der Waals surface area (Å²) in [6.07, 6.45) is 0. The van der Waals surface area contributed by atoms with E-state index in [1.807, 2.05) is 28.8 Å². The van der Waals surface area contributed by atoms with Crippen molar-refractivity contribution in [3.05, 3.63) is 200 Å². The summed E-state index contributed by atoms with van der Waals surface area (Å²) in [7, 11) is 0. The molecule has 0 spiro atoms. The number of rotatable bonds is 5. The van der Waals surface area contributed by atoms with E-state index in [1.165, 1.54) is 27.2 Å². The standard InChI is InChI=1S/C53H33N5/c1-3-14-35(15-4-1)48-33-51-42-22-8-11-24-47(42)55-53(58(51)56-48)36-28-26-34(27-29-36)37-16-13-17-38(30-37)52-45-31-44-41-21-9-12-25-49(41)57(39-18-5-2-6-19-39)50(44)32-43(45)40-20-7-10-23-46(40)54-52/h1-33H. The topological polar surface area (TPSA) is 48.0 Å². The van der Waals surface area contributed by atoms with Crippen LogP contribution in [0.25, 0.3) is 111 Å². The van der Waals surface area contributed by atoms with Crippen molar-refractivity contribution in [3.63, 3.8) is 0 Å². The van der Waals surface area contributed by atoms with E-state index in [1.54, 1.807) is 0 Å². The number of hydrogen-bond acceptors (Lipinski definition) is 3. The van der Waals surface area contributed by atoms with Crippen molar-refractivity contribution in [1.29, 1.82) is 0 Å². The van der Waals surface area contributed by atoms with Gasteiger partial charge in [0.05, 0.1) is 39.0 Å². The van der Waals surface area contributed by atoms with Crippen LogP contribution >= 0.6 is 0 Å². The first-order valence-electron chi connectivity index (χ1n) is 19.6. The lowest BCUT2D eigenvalue weighted by Crippen LogP contribution is -1.99. The molecule has 4 heterocycles. The predicted molar refractivity (Wildman–Crippen MR) is 239 cm³/mol. The molecule has 0 amide bonds. The number of para-hydroxylation sites is 4. The lowest BCUT2D eigenvalue weighted by molar-refractivity contribution is 0.949. The first kappa shape index (κ1) is 32.4. The number of nitrogens with zero attached hydrogens (tertiary/aromatic N) is 5. The van der Waals surface area contributed by atoms with Crippen LogP contribution in [-0.4, -0.2) is 24.1 Å². The van der Waals surface area contributed by atoms with Crippen LogP contribution in [0.15, 0.2) is 200 Å². The third kappa shape index (κ3) is 5.07. The number of benzene rings is 8. The van der Waals surface area contributed by atoms with E-state index in [0.29, 0.717) is 0 Å². The Morgan fingerprint density at radius 2 is 0.966 bits per heavy atom. The van der Waals surface area contributed by atoms with Crippen molar-refractivity contribution in [1.82, 2.24) is 24.1 Å². The van der Waals surface area contributed by atoms with Crippen molar-refractivity contribution in [3.8, 4) is 50.7 Å². The van der Waals surface area contributed by atoms with Gasteiger partial charge in [-0.3, -0.25) is 0 Å². The molecule has 270 valence electrons. The summed E-state index contributed by atoms with van der Waals surface area (Å²) < 4.78 is 4.38. The van der Waals surface area contributed by atoms with Gasteiger partial charge in [0.15, 0.2) is 5.82 Å². The van der Waals surface area contributed by atoms with Gasteiger partial charge in [-0.15, -0.1) is 0 Å². The molecule has 12 rings (SSSR count). The van der Waals surface area contributed by atoms with Crippen LogP contribution in [0.2, 0.25) is 0 Å². The van der Waals surface area contributed by atoms with Gasteiger partial charge in [-0.25, -0.2) is 14.5 Å². The van der Waals surface area contributed by atoms with E-state index in [0.717, 1.165) is 83.4 Å². The van der Waals surface area contributed by atoms with Crippen molar-refractivity contribution in [2.45, 2.75) is 0 Å². The number of hydrogen-bond donors (Lipinski definition) is 0. The normalized spacial score (nSPS) is 11.8. The highest BCUT2D eigenvalue weighted by Gasteiger charge is 2.19. The van der Waals surface area contributed by atoms with Gasteiger partial charge in [0, 0.05) is 49.3 Å². The average molecular weight is 740 g/mol.